The molecule has 1 N–H and O–H groups in total. The Morgan fingerprint density at radius 3 is 2.55 bits per heavy atom. The first kappa shape index (κ1) is 22.2. The van der Waals surface area contributed by atoms with Gasteiger partial charge in [-0.05, 0) is 68.3 Å². The third kappa shape index (κ3) is 4.86. The minimum atomic E-state index is 0.111. The number of para-hydroxylation sites is 2. The normalized spacial score (nSPS) is 22.8. The van der Waals surface area contributed by atoms with Gasteiger partial charge in [0.2, 0.25) is 5.91 Å². The van der Waals surface area contributed by atoms with Crippen molar-refractivity contribution < 1.29 is 4.79 Å². The number of carbonyl (C=O) groups is 1. The maximum Gasteiger partial charge on any atom is 0.223 e. The van der Waals surface area contributed by atoms with Crippen molar-refractivity contribution in [2.75, 3.05) is 44.2 Å². The van der Waals surface area contributed by atoms with Gasteiger partial charge in [0.05, 0.1) is 16.6 Å². The van der Waals surface area contributed by atoms with Gasteiger partial charge in [-0.1, -0.05) is 26.0 Å². The standard InChI is InChI=1S/C27H37N5O/c1-20-17-21(2)19-30(18-20)13-6-12-28-27(33)22-10-15-31(16-11-22)26-25-9-5-14-32(25)24-8-4-3-7-23(24)29-26/h3-5,7-9,14,20-22H,6,10-13,15-19H2,1-2H3,(H,28,33). The van der Waals surface area contributed by atoms with Crippen molar-refractivity contribution in [3.8, 4) is 0 Å². The Hall–Kier alpha value is -2.60. The highest BCUT2D eigenvalue weighted by Gasteiger charge is 2.27. The van der Waals surface area contributed by atoms with Gasteiger partial charge in [0.15, 0.2) is 5.82 Å². The van der Waals surface area contributed by atoms with Crippen LogP contribution in [0.2, 0.25) is 0 Å². The molecule has 2 unspecified atom stereocenters. The van der Waals surface area contributed by atoms with Crippen LogP contribution in [-0.2, 0) is 4.79 Å². The van der Waals surface area contributed by atoms with E-state index in [1.807, 2.05) is 6.07 Å². The van der Waals surface area contributed by atoms with E-state index in [4.69, 9.17) is 4.98 Å². The van der Waals surface area contributed by atoms with Gasteiger partial charge in [-0.15, -0.1) is 0 Å². The van der Waals surface area contributed by atoms with Crippen molar-refractivity contribution in [2.24, 2.45) is 17.8 Å². The summed E-state index contributed by atoms with van der Waals surface area (Å²) in [6.07, 6.45) is 6.25. The Kier molecular flexibility index (Phi) is 6.54. The van der Waals surface area contributed by atoms with Crippen LogP contribution < -0.4 is 10.2 Å². The largest absolute Gasteiger partial charge is 0.356 e. The number of anilines is 1. The summed E-state index contributed by atoms with van der Waals surface area (Å²) >= 11 is 0. The average Bonchev–Trinajstić information content (AvgIpc) is 3.31. The van der Waals surface area contributed by atoms with Crippen molar-refractivity contribution in [3.63, 3.8) is 0 Å². The molecule has 5 rings (SSSR count). The van der Waals surface area contributed by atoms with Gasteiger partial charge < -0.3 is 19.5 Å². The second-order valence-corrected chi connectivity index (χ2v) is 10.3. The Bertz CT molecular complexity index is 1090. The summed E-state index contributed by atoms with van der Waals surface area (Å²) in [6.45, 7) is 10.7. The Balaban J connectivity index is 1.13. The maximum atomic E-state index is 12.8. The molecule has 2 atom stereocenters. The number of hydrogen-bond acceptors (Lipinski definition) is 4. The topological polar surface area (TPSA) is 52.9 Å². The van der Waals surface area contributed by atoms with Gasteiger partial charge in [-0.25, -0.2) is 4.98 Å². The Labute approximate surface area is 197 Å². The van der Waals surface area contributed by atoms with Gasteiger partial charge in [0.1, 0.15) is 0 Å². The highest BCUT2D eigenvalue weighted by Crippen LogP contribution is 2.29. The van der Waals surface area contributed by atoms with Crippen LogP contribution in [0, 0.1) is 17.8 Å². The third-order valence-electron chi connectivity index (χ3n) is 7.41. The third-order valence-corrected chi connectivity index (χ3v) is 7.41. The van der Waals surface area contributed by atoms with Crippen molar-refractivity contribution in [1.82, 2.24) is 19.6 Å². The van der Waals surface area contributed by atoms with E-state index in [1.165, 1.54) is 19.5 Å². The fourth-order valence-electron chi connectivity index (χ4n) is 5.93. The molecule has 0 saturated carbocycles. The molecule has 0 aliphatic carbocycles. The number of nitrogens with zero attached hydrogens (tertiary/aromatic N) is 4. The number of hydrogen-bond donors (Lipinski definition) is 1. The zero-order valence-electron chi connectivity index (χ0n) is 20.0. The summed E-state index contributed by atoms with van der Waals surface area (Å²) in [6, 6.07) is 12.5. The SMILES string of the molecule is CC1CC(C)CN(CCCNC(=O)C2CCN(c3nc4ccccc4n4cccc34)CC2)C1. The van der Waals surface area contributed by atoms with E-state index in [0.717, 1.165) is 79.6 Å². The Morgan fingerprint density at radius 1 is 1.03 bits per heavy atom. The lowest BCUT2D eigenvalue weighted by atomic mass is 9.92. The Morgan fingerprint density at radius 2 is 1.76 bits per heavy atom. The van der Waals surface area contributed by atoms with Crippen molar-refractivity contribution in [1.29, 1.82) is 0 Å². The highest BCUT2D eigenvalue weighted by atomic mass is 16.1. The smallest absolute Gasteiger partial charge is 0.223 e. The number of rotatable bonds is 6. The van der Waals surface area contributed by atoms with E-state index in [-0.39, 0.29) is 11.8 Å². The predicted octanol–water partition coefficient (Wildman–Crippen LogP) is 4.19. The molecule has 2 fully saturated rings. The molecule has 3 aromatic rings. The molecule has 2 aliphatic rings. The molecule has 2 aliphatic heterocycles. The van der Waals surface area contributed by atoms with E-state index in [9.17, 15) is 4.79 Å². The second-order valence-electron chi connectivity index (χ2n) is 10.3. The number of aromatic nitrogens is 2. The van der Waals surface area contributed by atoms with Gasteiger partial charge in [0.25, 0.3) is 0 Å². The summed E-state index contributed by atoms with van der Waals surface area (Å²) in [4.78, 5) is 22.7. The van der Waals surface area contributed by atoms with Gasteiger partial charge in [-0.2, -0.15) is 0 Å². The predicted molar refractivity (Wildman–Crippen MR) is 135 cm³/mol. The van der Waals surface area contributed by atoms with Gasteiger partial charge >= 0.3 is 0 Å². The van der Waals surface area contributed by atoms with Crippen LogP contribution >= 0.6 is 0 Å². The monoisotopic (exact) mass is 447 g/mol. The molecule has 0 bridgehead atoms. The van der Waals surface area contributed by atoms with E-state index < -0.39 is 0 Å². The van der Waals surface area contributed by atoms with Crippen LogP contribution in [0.15, 0.2) is 42.6 Å². The summed E-state index contributed by atoms with van der Waals surface area (Å²) in [7, 11) is 0. The lowest BCUT2D eigenvalue weighted by Gasteiger charge is -2.35. The maximum absolute atomic E-state index is 12.8. The van der Waals surface area contributed by atoms with Crippen LogP contribution in [0.3, 0.4) is 0 Å². The van der Waals surface area contributed by atoms with E-state index in [1.54, 1.807) is 0 Å². The lowest BCUT2D eigenvalue weighted by Crippen LogP contribution is -2.42. The van der Waals surface area contributed by atoms with Gasteiger partial charge in [0, 0.05) is 44.8 Å². The molecule has 2 aromatic heterocycles. The van der Waals surface area contributed by atoms with Crippen LogP contribution in [0.25, 0.3) is 16.6 Å². The van der Waals surface area contributed by atoms with Crippen molar-refractivity contribution in [2.45, 2.75) is 39.5 Å². The van der Waals surface area contributed by atoms with Crippen LogP contribution in [-0.4, -0.2) is 59.5 Å². The second kappa shape index (κ2) is 9.72. The van der Waals surface area contributed by atoms with Crippen molar-refractivity contribution >= 4 is 28.3 Å². The van der Waals surface area contributed by atoms with Gasteiger partial charge in [-0.3, -0.25) is 4.79 Å². The van der Waals surface area contributed by atoms with E-state index in [2.05, 4.69) is 69.9 Å². The number of fused-ring (bicyclic) bond motifs is 3. The fourth-order valence-corrected chi connectivity index (χ4v) is 5.93. The molecule has 6 heteroatoms. The lowest BCUT2D eigenvalue weighted by molar-refractivity contribution is -0.125. The molecule has 2 saturated heterocycles. The first-order chi connectivity index (χ1) is 16.1. The summed E-state index contributed by atoms with van der Waals surface area (Å²) in [5.74, 6) is 2.95. The molecule has 4 heterocycles. The van der Waals surface area contributed by atoms with E-state index >= 15 is 0 Å². The first-order valence-electron chi connectivity index (χ1n) is 12.7. The van der Waals surface area contributed by atoms with Crippen LogP contribution in [0.1, 0.15) is 39.5 Å². The molecule has 1 aromatic carbocycles. The number of carbonyl (C=O) groups excluding carboxylic acids is 1. The first-order valence-corrected chi connectivity index (χ1v) is 12.7. The van der Waals surface area contributed by atoms with Crippen molar-refractivity contribution in [3.05, 3.63) is 42.6 Å². The molecular formula is C27H37N5O. The number of amides is 1. The number of nitrogens with one attached hydrogen (secondary N) is 1. The fraction of sp³-hybridized carbons (Fsp3) is 0.556. The average molecular weight is 448 g/mol. The molecule has 0 radical (unpaired) electrons. The quantitative estimate of drug-likeness (QED) is 0.576. The summed E-state index contributed by atoms with van der Waals surface area (Å²) in [5.41, 5.74) is 3.27. The molecular weight excluding hydrogens is 410 g/mol. The zero-order chi connectivity index (χ0) is 22.8. The molecule has 176 valence electrons. The number of piperidine rings is 2. The molecule has 33 heavy (non-hydrogen) atoms. The zero-order valence-corrected chi connectivity index (χ0v) is 20.0. The van der Waals surface area contributed by atoms with Crippen LogP contribution in [0.5, 0.6) is 0 Å². The van der Waals surface area contributed by atoms with E-state index in [0.29, 0.717) is 0 Å². The number of benzene rings is 1. The number of likely N-dealkylation sites (tertiary alicyclic amines) is 1. The summed E-state index contributed by atoms with van der Waals surface area (Å²) < 4.78 is 2.22. The minimum Gasteiger partial charge on any atom is -0.356 e. The van der Waals surface area contributed by atoms with Crippen LogP contribution in [0.4, 0.5) is 5.82 Å². The molecule has 0 spiro atoms. The molecule has 6 nitrogen and oxygen atoms in total. The molecule has 1 amide bonds. The summed E-state index contributed by atoms with van der Waals surface area (Å²) in [5, 5.41) is 3.21. The minimum absolute atomic E-state index is 0.111. The highest BCUT2D eigenvalue weighted by molar-refractivity contribution is 5.85.